The molecule has 0 amide bonds. The van der Waals surface area contributed by atoms with Gasteiger partial charge in [0.1, 0.15) is 0 Å². The minimum atomic E-state index is -0.557. The molecule has 3 rings (SSSR count). The van der Waals surface area contributed by atoms with Crippen molar-refractivity contribution in [3.8, 4) is 17.0 Å². The molecular weight excluding hydrogens is 314 g/mol. The Morgan fingerprint density at radius 2 is 2.10 bits per heavy atom. The first-order chi connectivity index (χ1) is 9.60. The lowest BCUT2D eigenvalue weighted by Crippen LogP contribution is -2.01. The van der Waals surface area contributed by atoms with E-state index in [1.54, 1.807) is 12.1 Å². The van der Waals surface area contributed by atoms with E-state index in [9.17, 15) is 4.39 Å². The lowest BCUT2D eigenvalue weighted by Gasteiger charge is -2.08. The van der Waals surface area contributed by atoms with Crippen LogP contribution in [0.3, 0.4) is 0 Å². The fraction of sp³-hybridized carbons (Fsp3) is 0.267. The highest BCUT2D eigenvalue weighted by molar-refractivity contribution is 6.31. The van der Waals surface area contributed by atoms with Crippen molar-refractivity contribution in [2.75, 3.05) is 7.11 Å². The van der Waals surface area contributed by atoms with Crippen LogP contribution >= 0.6 is 24.0 Å². The predicted octanol–water partition coefficient (Wildman–Crippen LogP) is 3.79. The molecule has 1 saturated carbocycles. The first-order valence-electron chi connectivity index (χ1n) is 6.35. The van der Waals surface area contributed by atoms with Gasteiger partial charge in [0.05, 0.1) is 17.8 Å². The number of benzene rings is 1. The van der Waals surface area contributed by atoms with Crippen molar-refractivity contribution >= 4 is 24.0 Å². The number of hydrogen-bond acceptors (Lipinski definition) is 3. The van der Waals surface area contributed by atoms with Crippen molar-refractivity contribution in [2.45, 2.75) is 18.4 Å². The summed E-state index contributed by atoms with van der Waals surface area (Å²) in [5.74, 6) is -0.0241. The number of halogens is 3. The van der Waals surface area contributed by atoms with E-state index in [4.69, 9.17) is 22.1 Å². The van der Waals surface area contributed by atoms with Crippen LogP contribution in [0.1, 0.15) is 17.9 Å². The average molecular weight is 329 g/mol. The van der Waals surface area contributed by atoms with Crippen LogP contribution in [0.2, 0.25) is 5.02 Å². The predicted molar refractivity (Wildman–Crippen MR) is 83.8 cm³/mol. The average Bonchev–Trinajstić information content (AvgIpc) is 3.19. The van der Waals surface area contributed by atoms with Crippen LogP contribution in [0.4, 0.5) is 4.39 Å². The lowest BCUT2D eigenvalue weighted by atomic mass is 10.1. The highest BCUT2D eigenvalue weighted by Crippen LogP contribution is 2.39. The van der Waals surface area contributed by atoms with Gasteiger partial charge >= 0.3 is 0 Å². The van der Waals surface area contributed by atoms with E-state index in [0.29, 0.717) is 5.92 Å². The van der Waals surface area contributed by atoms with Crippen molar-refractivity contribution in [3.63, 3.8) is 0 Å². The topological polar surface area (TPSA) is 48.1 Å². The number of nitrogens with two attached hydrogens (primary N) is 1. The zero-order valence-electron chi connectivity index (χ0n) is 11.3. The van der Waals surface area contributed by atoms with Crippen LogP contribution in [0, 0.1) is 5.82 Å². The summed E-state index contributed by atoms with van der Waals surface area (Å²) in [6, 6.07) is 7.28. The molecule has 2 atom stereocenters. The van der Waals surface area contributed by atoms with Crippen LogP contribution in [0.5, 0.6) is 5.75 Å². The molecule has 0 bridgehead atoms. The molecule has 1 aliphatic carbocycles. The van der Waals surface area contributed by atoms with Gasteiger partial charge in [0.25, 0.3) is 0 Å². The Morgan fingerprint density at radius 1 is 1.38 bits per heavy atom. The van der Waals surface area contributed by atoms with Crippen molar-refractivity contribution < 1.29 is 9.13 Å². The molecule has 0 aliphatic heterocycles. The van der Waals surface area contributed by atoms with E-state index in [2.05, 4.69) is 4.98 Å². The molecule has 6 heteroatoms. The molecule has 2 aromatic rings. The van der Waals surface area contributed by atoms with Crippen LogP contribution in [-0.4, -0.2) is 18.1 Å². The van der Waals surface area contributed by atoms with E-state index in [-0.39, 0.29) is 29.2 Å². The molecule has 0 radical (unpaired) electrons. The van der Waals surface area contributed by atoms with Crippen molar-refractivity contribution in [2.24, 2.45) is 5.73 Å². The zero-order chi connectivity index (χ0) is 14.3. The number of rotatable bonds is 3. The van der Waals surface area contributed by atoms with E-state index in [1.165, 1.54) is 7.11 Å². The van der Waals surface area contributed by atoms with E-state index >= 15 is 0 Å². The van der Waals surface area contributed by atoms with Gasteiger partial charge in [-0.2, -0.15) is 0 Å². The normalized spacial score (nSPS) is 19.8. The number of hydrogen-bond donors (Lipinski definition) is 1. The first-order valence-corrected chi connectivity index (χ1v) is 6.73. The quantitative estimate of drug-likeness (QED) is 0.932. The maximum absolute atomic E-state index is 13.6. The van der Waals surface area contributed by atoms with Gasteiger partial charge in [0, 0.05) is 23.7 Å². The van der Waals surface area contributed by atoms with Crippen LogP contribution in [-0.2, 0) is 0 Å². The molecule has 0 saturated heterocycles. The van der Waals surface area contributed by atoms with Gasteiger partial charge in [-0.1, -0.05) is 17.7 Å². The van der Waals surface area contributed by atoms with Gasteiger partial charge in [-0.15, -0.1) is 12.4 Å². The third kappa shape index (κ3) is 3.12. The first kappa shape index (κ1) is 16.0. The van der Waals surface area contributed by atoms with Gasteiger partial charge < -0.3 is 10.5 Å². The minimum Gasteiger partial charge on any atom is -0.494 e. The Labute approximate surface area is 133 Å². The third-order valence-electron chi connectivity index (χ3n) is 3.56. The second kappa shape index (κ2) is 6.18. The number of ether oxygens (including phenoxy) is 1. The molecule has 3 nitrogen and oxygen atoms in total. The molecule has 0 spiro atoms. The third-order valence-corrected chi connectivity index (χ3v) is 3.84. The van der Waals surface area contributed by atoms with Gasteiger partial charge in [-0.25, -0.2) is 4.39 Å². The number of methoxy groups -OCH3 is 1. The maximum atomic E-state index is 13.6. The maximum Gasteiger partial charge on any atom is 0.183 e. The van der Waals surface area contributed by atoms with Crippen LogP contribution in [0.25, 0.3) is 11.3 Å². The Hall–Kier alpha value is -1.36. The second-order valence-electron chi connectivity index (χ2n) is 4.96. The molecule has 1 heterocycles. The van der Waals surface area contributed by atoms with Crippen LogP contribution < -0.4 is 10.5 Å². The van der Waals surface area contributed by atoms with Crippen molar-refractivity contribution in [3.05, 3.63) is 46.9 Å². The SMILES string of the molecule is COc1cc(-c2ccc(C3CC3N)cn2)cc(Cl)c1F.Cl. The molecule has 1 aromatic heterocycles. The van der Waals surface area contributed by atoms with Gasteiger partial charge in [0.2, 0.25) is 0 Å². The fourth-order valence-corrected chi connectivity index (χ4v) is 2.46. The molecule has 21 heavy (non-hydrogen) atoms. The standard InChI is InChI=1S/C15H14ClFN2O.ClH/c1-20-14-5-9(4-11(16)15(14)17)13-3-2-8(7-19-13)10-6-12(10)18;/h2-5,7,10,12H,6,18H2,1H3;1H. The Bertz CT molecular complexity index is 649. The number of nitrogens with zero attached hydrogens (tertiary/aromatic N) is 1. The van der Waals surface area contributed by atoms with Gasteiger partial charge in [-0.3, -0.25) is 4.98 Å². The summed E-state index contributed by atoms with van der Waals surface area (Å²) >= 11 is 5.86. The Morgan fingerprint density at radius 3 is 2.62 bits per heavy atom. The summed E-state index contributed by atoms with van der Waals surface area (Å²) in [5.41, 5.74) is 8.41. The zero-order valence-corrected chi connectivity index (χ0v) is 12.9. The van der Waals surface area contributed by atoms with Crippen molar-refractivity contribution in [1.82, 2.24) is 4.98 Å². The summed E-state index contributed by atoms with van der Waals surface area (Å²) < 4.78 is 18.6. The Balaban J connectivity index is 0.00000161. The summed E-state index contributed by atoms with van der Waals surface area (Å²) in [7, 11) is 1.41. The van der Waals surface area contributed by atoms with Crippen LogP contribution in [0.15, 0.2) is 30.5 Å². The van der Waals surface area contributed by atoms with Gasteiger partial charge in [-0.05, 0) is 30.2 Å². The minimum absolute atomic E-state index is 0. The summed E-state index contributed by atoms with van der Waals surface area (Å²) in [5, 5.41) is 0.0226. The molecule has 112 valence electrons. The lowest BCUT2D eigenvalue weighted by molar-refractivity contribution is 0.387. The molecule has 1 aliphatic rings. The van der Waals surface area contributed by atoms with E-state index in [0.717, 1.165) is 23.2 Å². The largest absolute Gasteiger partial charge is 0.494 e. The highest BCUT2D eigenvalue weighted by Gasteiger charge is 2.34. The Kier molecular flexibility index (Phi) is 4.71. The highest BCUT2D eigenvalue weighted by atomic mass is 35.5. The summed E-state index contributed by atoms with van der Waals surface area (Å²) in [4.78, 5) is 4.40. The fourth-order valence-electron chi connectivity index (χ4n) is 2.25. The van der Waals surface area contributed by atoms with Gasteiger partial charge in [0.15, 0.2) is 11.6 Å². The second-order valence-corrected chi connectivity index (χ2v) is 5.36. The number of aromatic nitrogens is 1. The molecule has 2 N–H and O–H groups in total. The monoisotopic (exact) mass is 328 g/mol. The van der Waals surface area contributed by atoms with Crippen molar-refractivity contribution in [1.29, 1.82) is 0 Å². The van der Waals surface area contributed by atoms with E-state index < -0.39 is 5.82 Å². The molecule has 1 fully saturated rings. The smallest absolute Gasteiger partial charge is 0.183 e. The molecule has 1 aromatic carbocycles. The van der Waals surface area contributed by atoms with E-state index in [1.807, 2.05) is 18.3 Å². The molecule has 2 unspecified atom stereocenters. The number of pyridine rings is 1. The molecular formula is C15H15Cl2FN2O. The summed E-state index contributed by atoms with van der Waals surface area (Å²) in [6.07, 6.45) is 2.83. The summed E-state index contributed by atoms with van der Waals surface area (Å²) in [6.45, 7) is 0.